The molecule has 3 heterocycles. The van der Waals surface area contributed by atoms with Crippen LogP contribution >= 0.6 is 0 Å². The third-order valence-corrected chi connectivity index (χ3v) is 9.39. The minimum Gasteiger partial charge on any atom is -0.443 e. The van der Waals surface area contributed by atoms with Gasteiger partial charge in [-0.05, 0) is 48.4 Å². The normalized spacial score (nSPS) is 23.0. The fourth-order valence-electron chi connectivity index (χ4n) is 7.05. The van der Waals surface area contributed by atoms with Gasteiger partial charge >= 0.3 is 18.4 Å². The number of rotatable bonds is 5. The van der Waals surface area contributed by atoms with Gasteiger partial charge in [0.15, 0.2) is 0 Å². The molecule has 1 spiro atoms. The number of halogens is 6. The number of piperidine rings is 2. The SMILES string of the molecule is CC(C)(C)CN1CCC2(CCN(C3CCN(C(=O)c4cc(C(F)(F)F)cc(C(F)(F)F)c4)[C@H](Cc4ccccc4)C3)CC2)OC1=O. The van der Waals surface area contributed by atoms with Crippen LogP contribution in [0.4, 0.5) is 31.1 Å². The summed E-state index contributed by atoms with van der Waals surface area (Å²) >= 11 is 0. The lowest BCUT2D eigenvalue weighted by atomic mass is 9.84. The van der Waals surface area contributed by atoms with Crippen LogP contribution in [0.15, 0.2) is 48.5 Å². The first-order valence-corrected chi connectivity index (χ1v) is 15.8. The Kier molecular flexibility index (Phi) is 9.43. The van der Waals surface area contributed by atoms with Crippen molar-refractivity contribution in [1.29, 1.82) is 0 Å². The van der Waals surface area contributed by atoms with Crippen LogP contribution in [0.1, 0.15) is 79.9 Å². The number of benzene rings is 2. The van der Waals surface area contributed by atoms with E-state index in [0.717, 1.165) is 12.0 Å². The topological polar surface area (TPSA) is 53.1 Å². The number of likely N-dealkylation sites (tertiary alicyclic amines) is 2. The van der Waals surface area contributed by atoms with Gasteiger partial charge in [-0.15, -0.1) is 0 Å². The van der Waals surface area contributed by atoms with Gasteiger partial charge in [0.2, 0.25) is 0 Å². The van der Waals surface area contributed by atoms with Gasteiger partial charge in [-0.3, -0.25) is 9.69 Å². The summed E-state index contributed by atoms with van der Waals surface area (Å²) in [5.74, 6) is -0.845. The molecular weight excluding hydrogens is 612 g/mol. The van der Waals surface area contributed by atoms with Crippen molar-refractivity contribution in [3.8, 4) is 0 Å². The first kappa shape index (κ1) is 34.1. The zero-order valence-electron chi connectivity index (χ0n) is 26.4. The summed E-state index contributed by atoms with van der Waals surface area (Å²) in [6.07, 6.45) is -6.83. The molecule has 6 nitrogen and oxygen atoms in total. The van der Waals surface area contributed by atoms with E-state index >= 15 is 0 Å². The van der Waals surface area contributed by atoms with Gasteiger partial charge in [0.25, 0.3) is 5.91 Å². The fourth-order valence-corrected chi connectivity index (χ4v) is 7.05. The summed E-state index contributed by atoms with van der Waals surface area (Å²) in [6.45, 7) is 9.05. The Morgan fingerprint density at radius 1 is 0.870 bits per heavy atom. The van der Waals surface area contributed by atoms with Crippen LogP contribution in [0, 0.1) is 5.41 Å². The summed E-state index contributed by atoms with van der Waals surface area (Å²) in [6, 6.07) is 10.0. The third kappa shape index (κ3) is 7.98. The van der Waals surface area contributed by atoms with E-state index in [1.54, 1.807) is 4.90 Å². The third-order valence-electron chi connectivity index (χ3n) is 9.39. The number of carbonyl (C=O) groups excluding carboxylic acids is 2. The van der Waals surface area contributed by atoms with Gasteiger partial charge in [0.05, 0.1) is 11.1 Å². The summed E-state index contributed by atoms with van der Waals surface area (Å²) in [5, 5.41) is 0. The highest BCUT2D eigenvalue weighted by Crippen LogP contribution is 2.39. The number of carbonyl (C=O) groups is 2. The molecule has 3 fully saturated rings. The second-order valence-electron chi connectivity index (χ2n) is 14.1. The predicted molar refractivity (Wildman–Crippen MR) is 160 cm³/mol. The molecular formula is C34H41F6N3O3. The van der Waals surface area contributed by atoms with Crippen molar-refractivity contribution in [2.75, 3.05) is 32.7 Å². The summed E-state index contributed by atoms with van der Waals surface area (Å²) in [5.41, 5.74) is -3.28. The number of nitrogens with zero attached hydrogens (tertiary/aromatic N) is 3. The molecule has 0 aromatic heterocycles. The largest absolute Gasteiger partial charge is 0.443 e. The molecule has 0 saturated carbocycles. The number of alkyl halides is 6. The fraction of sp³-hybridized carbons (Fsp3) is 0.588. The lowest BCUT2D eigenvalue weighted by Gasteiger charge is -2.50. The highest BCUT2D eigenvalue weighted by molar-refractivity contribution is 5.95. The highest BCUT2D eigenvalue weighted by atomic mass is 19.4. The molecule has 252 valence electrons. The van der Waals surface area contributed by atoms with Gasteiger partial charge in [0.1, 0.15) is 5.60 Å². The first-order chi connectivity index (χ1) is 21.4. The zero-order chi connectivity index (χ0) is 33.5. The summed E-state index contributed by atoms with van der Waals surface area (Å²) in [4.78, 5) is 32.1. The molecule has 0 bridgehead atoms. The minimum absolute atomic E-state index is 0.0405. The van der Waals surface area contributed by atoms with E-state index in [1.807, 2.05) is 30.3 Å². The Labute approximate surface area is 265 Å². The number of hydrogen-bond donors (Lipinski definition) is 0. The van der Waals surface area contributed by atoms with E-state index < -0.39 is 46.6 Å². The van der Waals surface area contributed by atoms with Crippen molar-refractivity contribution in [3.63, 3.8) is 0 Å². The second kappa shape index (κ2) is 12.7. The molecule has 2 aromatic carbocycles. The molecule has 0 radical (unpaired) electrons. The Balaban J connectivity index is 1.31. The number of ether oxygens (including phenoxy) is 1. The monoisotopic (exact) mass is 653 g/mol. The minimum atomic E-state index is -5.05. The molecule has 2 aromatic rings. The summed E-state index contributed by atoms with van der Waals surface area (Å²) < 4.78 is 87.5. The molecule has 3 aliphatic rings. The van der Waals surface area contributed by atoms with Gasteiger partial charge in [-0.25, -0.2) is 4.79 Å². The molecule has 2 amide bonds. The van der Waals surface area contributed by atoms with Crippen LogP contribution in [0.2, 0.25) is 0 Å². The van der Waals surface area contributed by atoms with Crippen LogP contribution in [-0.2, 0) is 23.5 Å². The van der Waals surface area contributed by atoms with E-state index in [0.29, 0.717) is 70.4 Å². The highest BCUT2D eigenvalue weighted by Gasteiger charge is 2.46. The molecule has 3 aliphatic heterocycles. The molecule has 3 saturated heterocycles. The molecule has 1 unspecified atom stereocenters. The lowest BCUT2D eigenvalue weighted by Crippen LogP contribution is -2.58. The first-order valence-electron chi connectivity index (χ1n) is 15.8. The average Bonchev–Trinajstić information content (AvgIpc) is 2.98. The smallest absolute Gasteiger partial charge is 0.416 e. The van der Waals surface area contributed by atoms with Crippen LogP contribution in [0.25, 0.3) is 0 Å². The molecule has 12 heteroatoms. The van der Waals surface area contributed by atoms with Crippen LogP contribution in [-0.4, -0.2) is 77.1 Å². The quantitative estimate of drug-likeness (QED) is 0.311. The van der Waals surface area contributed by atoms with Crippen molar-refractivity contribution >= 4 is 12.0 Å². The van der Waals surface area contributed by atoms with E-state index in [-0.39, 0.29) is 30.2 Å². The molecule has 2 atom stereocenters. The van der Waals surface area contributed by atoms with Crippen molar-refractivity contribution in [1.82, 2.24) is 14.7 Å². The van der Waals surface area contributed by atoms with E-state index in [2.05, 4.69) is 25.7 Å². The lowest BCUT2D eigenvalue weighted by molar-refractivity contribution is -0.143. The van der Waals surface area contributed by atoms with Crippen LogP contribution in [0.3, 0.4) is 0 Å². The Morgan fingerprint density at radius 2 is 1.46 bits per heavy atom. The van der Waals surface area contributed by atoms with Crippen molar-refractivity contribution in [3.05, 3.63) is 70.8 Å². The van der Waals surface area contributed by atoms with Gasteiger partial charge in [-0.1, -0.05) is 51.1 Å². The zero-order valence-corrected chi connectivity index (χ0v) is 26.4. The maximum atomic E-state index is 13.7. The van der Waals surface area contributed by atoms with Crippen molar-refractivity contribution in [2.45, 2.75) is 89.3 Å². The Bertz CT molecular complexity index is 1370. The van der Waals surface area contributed by atoms with Gasteiger partial charge in [-0.2, -0.15) is 26.3 Å². The average molecular weight is 654 g/mol. The van der Waals surface area contributed by atoms with Gasteiger partial charge in [0, 0.05) is 69.6 Å². The summed E-state index contributed by atoms with van der Waals surface area (Å²) in [7, 11) is 0. The van der Waals surface area contributed by atoms with E-state index in [4.69, 9.17) is 4.74 Å². The second-order valence-corrected chi connectivity index (χ2v) is 14.1. The number of hydrogen-bond acceptors (Lipinski definition) is 4. The maximum Gasteiger partial charge on any atom is 0.416 e. The number of amides is 2. The molecule has 0 N–H and O–H groups in total. The molecule has 0 aliphatic carbocycles. The Morgan fingerprint density at radius 3 is 2.00 bits per heavy atom. The van der Waals surface area contributed by atoms with Crippen LogP contribution in [0.5, 0.6) is 0 Å². The Hall–Kier alpha value is -3.28. The standard InChI is InChI=1S/C34H41F6N3O3/c1-31(2,3)22-42-16-12-32(46-30(42)45)10-14-41(15-11-32)27-9-13-43(28(21-27)17-23-7-5-4-6-8-23)29(44)24-18-25(33(35,36)37)20-26(19-24)34(38,39)40/h4-8,18-20,27-28H,9-17,21-22H2,1-3H3/t27?,28-/m1/s1. The van der Waals surface area contributed by atoms with E-state index in [9.17, 15) is 35.9 Å². The van der Waals surface area contributed by atoms with E-state index in [1.165, 1.54) is 4.90 Å². The van der Waals surface area contributed by atoms with Crippen molar-refractivity contribution < 1.29 is 40.7 Å². The van der Waals surface area contributed by atoms with Crippen LogP contribution < -0.4 is 0 Å². The van der Waals surface area contributed by atoms with Gasteiger partial charge < -0.3 is 14.5 Å². The maximum absolute atomic E-state index is 13.7. The molecule has 5 rings (SSSR count). The van der Waals surface area contributed by atoms with Crippen molar-refractivity contribution in [2.24, 2.45) is 5.41 Å². The predicted octanol–water partition coefficient (Wildman–Crippen LogP) is 7.66. The molecule has 46 heavy (non-hydrogen) atoms.